The smallest absolute Gasteiger partial charge is 0.347 e. The van der Waals surface area contributed by atoms with Crippen molar-refractivity contribution in [2.75, 3.05) is 0 Å². The molecule has 1 aliphatic carbocycles. The van der Waals surface area contributed by atoms with Gasteiger partial charge < -0.3 is 14.6 Å². The van der Waals surface area contributed by atoms with Crippen LogP contribution in [0.3, 0.4) is 0 Å². The molecule has 0 radical (unpaired) electrons. The highest BCUT2D eigenvalue weighted by Crippen LogP contribution is 2.39. The molecular weight excluding hydrogens is 456 g/mol. The van der Waals surface area contributed by atoms with Crippen molar-refractivity contribution in [3.63, 3.8) is 0 Å². The average molecular weight is 493 g/mol. The molecule has 1 amide bonds. The molecule has 7 heteroatoms. The molecule has 1 aliphatic heterocycles. The number of hydrogen-bond donors (Lipinski definition) is 1. The van der Waals surface area contributed by atoms with Crippen molar-refractivity contribution in [3.05, 3.63) is 54.1 Å². The van der Waals surface area contributed by atoms with Crippen LogP contribution in [-0.2, 0) is 16.1 Å². The van der Waals surface area contributed by atoms with Gasteiger partial charge in [-0.1, -0.05) is 44.7 Å². The van der Waals surface area contributed by atoms with Crippen LogP contribution in [-0.4, -0.2) is 38.9 Å². The van der Waals surface area contributed by atoms with Gasteiger partial charge >= 0.3 is 5.97 Å². The summed E-state index contributed by atoms with van der Waals surface area (Å²) in [5, 5.41) is 9.22. The van der Waals surface area contributed by atoms with Crippen LogP contribution in [0.5, 0.6) is 17.2 Å². The molecule has 0 bridgehead atoms. The summed E-state index contributed by atoms with van der Waals surface area (Å²) in [7, 11) is 0. The number of ether oxygens (including phenoxy) is 2. The monoisotopic (exact) mass is 492 g/mol. The first kappa shape index (κ1) is 25.7. The van der Waals surface area contributed by atoms with E-state index in [-0.39, 0.29) is 5.91 Å². The van der Waals surface area contributed by atoms with E-state index in [1.807, 2.05) is 29.2 Å². The number of benzene rings is 2. The number of aliphatic carboxylic acids is 1. The Morgan fingerprint density at radius 1 is 1.00 bits per heavy atom. The molecule has 1 saturated carbocycles. The van der Waals surface area contributed by atoms with E-state index in [9.17, 15) is 14.7 Å². The van der Waals surface area contributed by atoms with Gasteiger partial charge in [-0.25, -0.2) is 4.79 Å². The van der Waals surface area contributed by atoms with E-state index in [2.05, 4.69) is 6.92 Å². The lowest BCUT2D eigenvalue weighted by Gasteiger charge is -2.29. The first-order valence-electron chi connectivity index (χ1n) is 12.9. The van der Waals surface area contributed by atoms with Crippen LogP contribution < -0.4 is 9.47 Å². The zero-order valence-corrected chi connectivity index (χ0v) is 21.5. The van der Waals surface area contributed by atoms with Crippen LogP contribution in [0.25, 0.3) is 0 Å². The SMILES string of the molecule is CCCCC1=NC2(CCCCC2)C(=O)N1Cc1ccc(Oc2ccc(OC(C)(C)C(=O)O)cc2)cc1. The van der Waals surface area contributed by atoms with Crippen LogP contribution in [0.15, 0.2) is 53.5 Å². The van der Waals surface area contributed by atoms with Gasteiger partial charge in [0, 0.05) is 6.42 Å². The number of carboxylic acid groups (broad SMARTS) is 1. The number of aliphatic imine (C=N–C) groups is 1. The molecule has 1 fully saturated rings. The Kier molecular flexibility index (Phi) is 7.67. The summed E-state index contributed by atoms with van der Waals surface area (Å²) in [6.45, 7) is 5.69. The van der Waals surface area contributed by atoms with E-state index in [1.165, 1.54) is 20.3 Å². The van der Waals surface area contributed by atoms with Crippen LogP contribution in [0.2, 0.25) is 0 Å². The summed E-state index contributed by atoms with van der Waals surface area (Å²) >= 11 is 0. The van der Waals surface area contributed by atoms with Gasteiger partial charge in [0.2, 0.25) is 0 Å². The minimum atomic E-state index is -1.31. The first-order chi connectivity index (χ1) is 17.2. The number of amides is 1. The minimum Gasteiger partial charge on any atom is -0.478 e. The Hall–Kier alpha value is -3.35. The predicted octanol–water partition coefficient (Wildman–Crippen LogP) is 6.35. The van der Waals surface area contributed by atoms with Gasteiger partial charge in [-0.05, 0) is 75.1 Å². The van der Waals surface area contributed by atoms with Gasteiger partial charge in [-0.3, -0.25) is 14.7 Å². The Bertz CT molecular complexity index is 1100. The second-order valence-electron chi connectivity index (χ2n) is 10.3. The minimum absolute atomic E-state index is 0.169. The summed E-state index contributed by atoms with van der Waals surface area (Å²) in [5.74, 6) is 1.83. The molecule has 1 N–H and O–H groups in total. The van der Waals surface area contributed by atoms with Crippen molar-refractivity contribution < 1.29 is 24.2 Å². The highest BCUT2D eigenvalue weighted by atomic mass is 16.5. The molecule has 1 spiro atoms. The number of amidine groups is 1. The predicted molar refractivity (Wildman–Crippen MR) is 139 cm³/mol. The van der Waals surface area contributed by atoms with Gasteiger partial charge in [-0.2, -0.15) is 0 Å². The topological polar surface area (TPSA) is 88.4 Å². The zero-order valence-electron chi connectivity index (χ0n) is 21.5. The maximum Gasteiger partial charge on any atom is 0.347 e. The van der Waals surface area contributed by atoms with Crippen molar-refractivity contribution in [2.45, 2.75) is 89.8 Å². The standard InChI is InChI=1S/C29H36N2O5/c1-4-5-9-25-30-29(18-7-6-8-19-29)26(32)31(25)20-21-10-12-22(13-11-21)35-23-14-16-24(17-15-23)36-28(2,3)27(33)34/h10-17H,4-9,18-20H2,1-3H3,(H,33,34). The fourth-order valence-electron chi connectivity index (χ4n) is 4.77. The van der Waals surface area contributed by atoms with Crippen molar-refractivity contribution in [1.29, 1.82) is 0 Å². The van der Waals surface area contributed by atoms with Crippen LogP contribution in [0.4, 0.5) is 0 Å². The lowest BCUT2D eigenvalue weighted by atomic mass is 9.82. The van der Waals surface area contributed by atoms with Gasteiger partial charge in [0.25, 0.3) is 5.91 Å². The van der Waals surface area contributed by atoms with Gasteiger partial charge in [-0.15, -0.1) is 0 Å². The summed E-state index contributed by atoms with van der Waals surface area (Å²) < 4.78 is 11.5. The molecule has 0 unspecified atom stereocenters. The molecule has 2 aromatic rings. The van der Waals surface area contributed by atoms with Gasteiger partial charge in [0.1, 0.15) is 28.6 Å². The molecule has 192 valence electrons. The fourth-order valence-corrected chi connectivity index (χ4v) is 4.77. The van der Waals surface area contributed by atoms with Crippen molar-refractivity contribution in [2.24, 2.45) is 4.99 Å². The summed E-state index contributed by atoms with van der Waals surface area (Å²) in [4.78, 5) is 31.6. The molecule has 7 nitrogen and oxygen atoms in total. The number of nitrogens with zero attached hydrogens (tertiary/aromatic N) is 2. The second-order valence-corrected chi connectivity index (χ2v) is 10.3. The number of carboxylic acids is 1. The second kappa shape index (κ2) is 10.7. The number of carbonyl (C=O) groups is 2. The Balaban J connectivity index is 1.40. The van der Waals surface area contributed by atoms with Crippen LogP contribution >= 0.6 is 0 Å². The first-order valence-corrected chi connectivity index (χ1v) is 12.9. The molecule has 1 heterocycles. The van der Waals surface area contributed by atoms with E-state index >= 15 is 0 Å². The highest BCUT2D eigenvalue weighted by molar-refractivity contribution is 6.08. The van der Waals surface area contributed by atoms with Crippen molar-refractivity contribution in [1.82, 2.24) is 4.90 Å². The molecule has 0 saturated heterocycles. The van der Waals surface area contributed by atoms with Gasteiger partial charge in [0.05, 0.1) is 6.54 Å². The van der Waals surface area contributed by atoms with E-state index in [1.54, 1.807) is 24.3 Å². The quantitative estimate of drug-likeness (QED) is 0.417. The number of hydrogen-bond acceptors (Lipinski definition) is 5. The van der Waals surface area contributed by atoms with Gasteiger partial charge in [0.15, 0.2) is 5.60 Å². The third kappa shape index (κ3) is 5.72. The van der Waals surface area contributed by atoms with Crippen molar-refractivity contribution in [3.8, 4) is 17.2 Å². The zero-order chi connectivity index (χ0) is 25.8. The Morgan fingerprint density at radius 3 is 2.17 bits per heavy atom. The maximum absolute atomic E-state index is 13.5. The van der Waals surface area contributed by atoms with E-state index < -0.39 is 17.1 Å². The third-order valence-corrected chi connectivity index (χ3v) is 6.94. The number of carbonyl (C=O) groups excluding carboxylic acids is 1. The third-order valence-electron chi connectivity index (χ3n) is 6.94. The Labute approximate surface area is 213 Å². The van der Waals surface area contributed by atoms with Crippen molar-refractivity contribution >= 4 is 17.7 Å². The van der Waals surface area contributed by atoms with E-state index in [4.69, 9.17) is 14.5 Å². The summed E-state index contributed by atoms with van der Waals surface area (Å²) in [6.07, 6.45) is 8.00. The molecule has 2 aromatic carbocycles. The molecule has 0 aromatic heterocycles. The van der Waals surface area contributed by atoms with E-state index in [0.29, 0.717) is 23.8 Å². The lowest BCUT2D eigenvalue weighted by molar-refractivity contribution is -0.152. The fraction of sp³-hybridized carbons (Fsp3) is 0.483. The molecular formula is C29H36N2O5. The summed E-state index contributed by atoms with van der Waals surface area (Å²) in [5.41, 5.74) is -0.806. The largest absolute Gasteiger partial charge is 0.478 e. The lowest BCUT2D eigenvalue weighted by Crippen LogP contribution is -2.43. The molecule has 36 heavy (non-hydrogen) atoms. The average Bonchev–Trinajstić information content (AvgIpc) is 3.10. The number of rotatable bonds is 10. The molecule has 0 atom stereocenters. The maximum atomic E-state index is 13.5. The molecule has 4 rings (SSSR count). The van der Waals surface area contributed by atoms with E-state index in [0.717, 1.165) is 56.3 Å². The van der Waals surface area contributed by atoms with Crippen LogP contribution in [0, 0.1) is 0 Å². The Morgan fingerprint density at radius 2 is 1.58 bits per heavy atom. The highest BCUT2D eigenvalue weighted by Gasteiger charge is 2.48. The normalized spacial score (nSPS) is 17.2. The number of unbranched alkanes of at least 4 members (excludes halogenated alkanes) is 1. The summed E-state index contributed by atoms with van der Waals surface area (Å²) in [6, 6.07) is 14.6. The van der Waals surface area contributed by atoms with Crippen LogP contribution in [0.1, 0.15) is 77.7 Å². The molecule has 2 aliphatic rings.